The van der Waals surface area contributed by atoms with Crippen molar-refractivity contribution in [2.75, 3.05) is 42.1 Å². The summed E-state index contributed by atoms with van der Waals surface area (Å²) in [5.41, 5.74) is 1.14. The Kier molecular flexibility index (Phi) is 7.26. The van der Waals surface area contributed by atoms with E-state index >= 15 is 0 Å². The average molecular weight is 484 g/mol. The first kappa shape index (κ1) is 23.2. The van der Waals surface area contributed by atoms with Crippen LogP contribution in [0.3, 0.4) is 0 Å². The predicted molar refractivity (Wildman–Crippen MR) is 130 cm³/mol. The Morgan fingerprint density at radius 2 is 1.76 bits per heavy atom. The summed E-state index contributed by atoms with van der Waals surface area (Å²) in [5.74, 6) is 1.39. The highest BCUT2D eigenvalue weighted by molar-refractivity contribution is 7.99. The fourth-order valence-corrected chi connectivity index (χ4v) is 5.83. The molecule has 3 aromatic rings. The number of nitrogens with zero attached hydrogens (tertiary/aromatic N) is 4. The van der Waals surface area contributed by atoms with Gasteiger partial charge in [-0.15, -0.1) is 11.8 Å². The smallest absolute Gasteiger partial charge is 0.256 e. The minimum absolute atomic E-state index is 0.204. The summed E-state index contributed by atoms with van der Waals surface area (Å²) in [5, 5.41) is 2.86. The summed E-state index contributed by atoms with van der Waals surface area (Å²) in [6, 6.07) is 13.7. The third kappa shape index (κ3) is 5.35. The Balaban J connectivity index is 1.41. The molecule has 1 aromatic heterocycles. The number of carbonyl (C=O) groups is 1. The maximum atomic E-state index is 13.1. The number of carbonyl (C=O) groups excluding carboxylic acids is 1. The SMILES string of the molecule is CCSc1ccccc1C(=O)Nc1ccc(S(=O)(=O)N2CCN(c3cnccn3)CC2)cc1. The summed E-state index contributed by atoms with van der Waals surface area (Å²) in [7, 11) is -3.62. The molecule has 4 rings (SSSR count). The van der Waals surface area contributed by atoms with Gasteiger partial charge >= 0.3 is 0 Å². The zero-order valence-corrected chi connectivity index (χ0v) is 19.8. The molecule has 2 aromatic carbocycles. The van der Waals surface area contributed by atoms with Gasteiger partial charge in [0.1, 0.15) is 5.82 Å². The Morgan fingerprint density at radius 1 is 1.03 bits per heavy atom. The first-order chi connectivity index (χ1) is 16.0. The molecule has 0 spiro atoms. The van der Waals surface area contributed by atoms with Gasteiger partial charge in [0.25, 0.3) is 5.91 Å². The van der Waals surface area contributed by atoms with Crippen molar-refractivity contribution in [3.8, 4) is 0 Å². The van der Waals surface area contributed by atoms with Crippen molar-refractivity contribution < 1.29 is 13.2 Å². The second-order valence-corrected chi connectivity index (χ2v) is 10.6. The molecule has 0 atom stereocenters. The van der Waals surface area contributed by atoms with E-state index in [1.54, 1.807) is 48.6 Å². The number of nitrogens with one attached hydrogen (secondary N) is 1. The molecule has 1 saturated heterocycles. The number of piperazine rings is 1. The van der Waals surface area contributed by atoms with E-state index in [-0.39, 0.29) is 10.8 Å². The molecular formula is C23H25N5O3S2. The van der Waals surface area contributed by atoms with Crippen LogP contribution in [0, 0.1) is 0 Å². The van der Waals surface area contributed by atoms with Crippen LogP contribution in [0.1, 0.15) is 17.3 Å². The van der Waals surface area contributed by atoms with Gasteiger partial charge < -0.3 is 10.2 Å². The van der Waals surface area contributed by atoms with Crippen molar-refractivity contribution in [2.45, 2.75) is 16.7 Å². The van der Waals surface area contributed by atoms with E-state index in [0.29, 0.717) is 37.4 Å². The highest BCUT2D eigenvalue weighted by atomic mass is 32.2. The van der Waals surface area contributed by atoms with Crippen LogP contribution in [-0.4, -0.2) is 60.5 Å². The van der Waals surface area contributed by atoms with Crippen LogP contribution < -0.4 is 10.2 Å². The normalized spacial score (nSPS) is 14.8. The fourth-order valence-electron chi connectivity index (χ4n) is 3.61. The number of rotatable bonds is 7. The average Bonchev–Trinajstić information content (AvgIpc) is 2.85. The molecule has 2 heterocycles. The quantitative estimate of drug-likeness (QED) is 0.515. The van der Waals surface area contributed by atoms with Crippen LogP contribution in [0.2, 0.25) is 0 Å². The van der Waals surface area contributed by atoms with Crippen molar-refractivity contribution in [3.63, 3.8) is 0 Å². The van der Waals surface area contributed by atoms with Gasteiger partial charge in [-0.1, -0.05) is 19.1 Å². The number of hydrogen-bond acceptors (Lipinski definition) is 7. The standard InChI is InChI=1S/C23H25N5O3S2/c1-2-32-21-6-4-3-5-20(21)23(29)26-18-7-9-19(10-8-18)33(30,31)28-15-13-27(14-16-28)22-17-24-11-12-25-22/h3-12,17H,2,13-16H2,1H3,(H,26,29). The molecule has 0 radical (unpaired) electrons. The Bertz CT molecular complexity index is 1200. The van der Waals surface area contributed by atoms with Crippen LogP contribution in [0.25, 0.3) is 0 Å². The molecule has 0 aliphatic carbocycles. The van der Waals surface area contributed by atoms with Crippen molar-refractivity contribution in [1.82, 2.24) is 14.3 Å². The molecule has 10 heteroatoms. The van der Waals surface area contributed by atoms with Gasteiger partial charge in [-0.3, -0.25) is 9.78 Å². The maximum Gasteiger partial charge on any atom is 0.256 e. The zero-order valence-electron chi connectivity index (χ0n) is 18.2. The van der Waals surface area contributed by atoms with Gasteiger partial charge in [0.05, 0.1) is 16.7 Å². The number of anilines is 2. The molecule has 1 amide bonds. The first-order valence-corrected chi connectivity index (χ1v) is 13.1. The number of thioether (sulfide) groups is 1. The van der Waals surface area contributed by atoms with E-state index in [1.807, 2.05) is 30.0 Å². The zero-order chi connectivity index (χ0) is 23.3. The van der Waals surface area contributed by atoms with Crippen molar-refractivity contribution in [2.24, 2.45) is 0 Å². The minimum atomic E-state index is -3.62. The molecule has 1 aliphatic heterocycles. The van der Waals surface area contributed by atoms with Gasteiger partial charge in [0.2, 0.25) is 10.0 Å². The topological polar surface area (TPSA) is 95.5 Å². The van der Waals surface area contributed by atoms with Gasteiger partial charge in [0, 0.05) is 49.2 Å². The lowest BCUT2D eigenvalue weighted by Gasteiger charge is -2.34. The Morgan fingerprint density at radius 3 is 2.42 bits per heavy atom. The molecule has 1 fully saturated rings. The van der Waals surface area contributed by atoms with E-state index in [9.17, 15) is 13.2 Å². The monoisotopic (exact) mass is 483 g/mol. The summed E-state index contributed by atoms with van der Waals surface area (Å²) >= 11 is 1.60. The van der Waals surface area contributed by atoms with Crippen LogP contribution in [0.15, 0.2) is 76.9 Å². The van der Waals surface area contributed by atoms with Crippen LogP contribution in [0.4, 0.5) is 11.5 Å². The lowest BCUT2D eigenvalue weighted by atomic mass is 10.2. The predicted octanol–water partition coefficient (Wildman–Crippen LogP) is 3.35. The molecule has 1 N–H and O–H groups in total. The molecule has 0 bridgehead atoms. The van der Waals surface area contributed by atoms with Crippen LogP contribution >= 0.6 is 11.8 Å². The first-order valence-electron chi connectivity index (χ1n) is 10.6. The molecule has 33 heavy (non-hydrogen) atoms. The van der Waals surface area contributed by atoms with Gasteiger partial charge in [-0.05, 0) is 42.2 Å². The highest BCUT2D eigenvalue weighted by Gasteiger charge is 2.29. The molecule has 0 saturated carbocycles. The third-order valence-electron chi connectivity index (χ3n) is 5.29. The van der Waals surface area contributed by atoms with E-state index in [1.165, 1.54) is 16.4 Å². The molecule has 0 unspecified atom stereocenters. The Hall–Kier alpha value is -2.95. The van der Waals surface area contributed by atoms with E-state index in [0.717, 1.165) is 16.5 Å². The number of amides is 1. The number of benzene rings is 2. The summed E-state index contributed by atoms with van der Waals surface area (Å²) in [6.07, 6.45) is 4.91. The third-order valence-corrected chi connectivity index (χ3v) is 8.16. The van der Waals surface area contributed by atoms with E-state index < -0.39 is 10.0 Å². The molecule has 172 valence electrons. The summed E-state index contributed by atoms with van der Waals surface area (Å²) in [4.78, 5) is 24.2. The summed E-state index contributed by atoms with van der Waals surface area (Å²) < 4.78 is 27.7. The second-order valence-electron chi connectivity index (χ2n) is 7.36. The van der Waals surface area contributed by atoms with Gasteiger partial charge in [0.15, 0.2) is 0 Å². The van der Waals surface area contributed by atoms with Crippen molar-refractivity contribution >= 4 is 39.2 Å². The van der Waals surface area contributed by atoms with Crippen molar-refractivity contribution in [3.05, 3.63) is 72.7 Å². The molecule has 1 aliphatic rings. The minimum Gasteiger partial charge on any atom is -0.353 e. The van der Waals surface area contributed by atoms with E-state index in [2.05, 4.69) is 15.3 Å². The van der Waals surface area contributed by atoms with Gasteiger partial charge in [-0.2, -0.15) is 4.31 Å². The fraction of sp³-hybridized carbons (Fsp3) is 0.261. The molecular weight excluding hydrogens is 458 g/mol. The van der Waals surface area contributed by atoms with Crippen LogP contribution in [0.5, 0.6) is 0 Å². The lowest BCUT2D eigenvalue weighted by Crippen LogP contribution is -2.48. The van der Waals surface area contributed by atoms with Crippen molar-refractivity contribution in [1.29, 1.82) is 0 Å². The second kappa shape index (κ2) is 10.3. The number of sulfonamides is 1. The van der Waals surface area contributed by atoms with Gasteiger partial charge in [-0.25, -0.2) is 13.4 Å². The van der Waals surface area contributed by atoms with Crippen LogP contribution in [-0.2, 0) is 10.0 Å². The van der Waals surface area contributed by atoms with E-state index in [4.69, 9.17) is 0 Å². The largest absolute Gasteiger partial charge is 0.353 e. The molecule has 8 nitrogen and oxygen atoms in total. The summed E-state index contributed by atoms with van der Waals surface area (Å²) in [6.45, 7) is 3.85. The lowest BCUT2D eigenvalue weighted by molar-refractivity contribution is 0.102. The Labute approximate surface area is 198 Å². The number of hydrogen-bond donors (Lipinski definition) is 1. The maximum absolute atomic E-state index is 13.1. The number of aromatic nitrogens is 2. The highest BCUT2D eigenvalue weighted by Crippen LogP contribution is 2.24.